The predicted octanol–water partition coefficient (Wildman–Crippen LogP) is 3.17. The fourth-order valence-electron chi connectivity index (χ4n) is 5.09. The molecule has 0 spiro atoms. The van der Waals surface area contributed by atoms with E-state index < -0.39 is 0 Å². The van der Waals surface area contributed by atoms with Gasteiger partial charge in [0.25, 0.3) is 0 Å². The molecule has 10 heteroatoms. The molecule has 0 bridgehead atoms. The van der Waals surface area contributed by atoms with Gasteiger partial charge in [-0.15, -0.1) is 11.3 Å². The second kappa shape index (κ2) is 10.5. The van der Waals surface area contributed by atoms with Crippen LogP contribution in [0, 0.1) is 0 Å². The lowest BCUT2D eigenvalue weighted by Crippen LogP contribution is -2.37. The second-order valence-electron chi connectivity index (χ2n) is 9.48. The highest BCUT2D eigenvalue weighted by Gasteiger charge is 2.32. The monoisotopic (exact) mass is 527 g/mol. The lowest BCUT2D eigenvalue weighted by Gasteiger charge is -2.18. The van der Waals surface area contributed by atoms with Crippen molar-refractivity contribution in [2.75, 3.05) is 32.1 Å². The van der Waals surface area contributed by atoms with E-state index in [0.717, 1.165) is 42.0 Å². The number of likely N-dealkylation sites (N-methyl/N-ethyl adjacent to an activating group) is 1. The van der Waals surface area contributed by atoms with Crippen molar-refractivity contribution in [3.05, 3.63) is 99.3 Å². The standard InChI is InChI=1S/C28H29N7O2S/c1-29-22-16-34(17-23(22)37-2)25-9-8-21-26(36)19(15-35(27(21)33-25)28-30-10-11-38-28)13-24-31-14-20(32-24)12-18-6-4-3-5-7-18/h3-11,14-15,22-23,29H,12-13,16-17H2,1-2H3,(H,31,32). The quantitative estimate of drug-likeness (QED) is 0.320. The van der Waals surface area contributed by atoms with Crippen LogP contribution >= 0.6 is 11.3 Å². The summed E-state index contributed by atoms with van der Waals surface area (Å²) in [6.07, 6.45) is 6.69. The number of benzene rings is 1. The third kappa shape index (κ3) is 4.73. The van der Waals surface area contributed by atoms with Crippen molar-refractivity contribution in [3.63, 3.8) is 0 Å². The van der Waals surface area contributed by atoms with Crippen LogP contribution < -0.4 is 15.6 Å². The van der Waals surface area contributed by atoms with Gasteiger partial charge in [-0.3, -0.25) is 9.36 Å². The first-order valence-corrected chi connectivity index (χ1v) is 13.5. The van der Waals surface area contributed by atoms with Crippen LogP contribution in [0.3, 0.4) is 0 Å². The summed E-state index contributed by atoms with van der Waals surface area (Å²) in [5.41, 5.74) is 3.41. The van der Waals surface area contributed by atoms with Gasteiger partial charge in [0.15, 0.2) is 16.2 Å². The molecule has 2 atom stereocenters. The number of hydrogen-bond acceptors (Lipinski definition) is 8. The summed E-state index contributed by atoms with van der Waals surface area (Å²) in [6.45, 7) is 1.50. The first-order chi connectivity index (χ1) is 18.6. The molecule has 6 rings (SSSR count). The number of fused-ring (bicyclic) bond motifs is 1. The van der Waals surface area contributed by atoms with E-state index in [0.29, 0.717) is 23.0 Å². The van der Waals surface area contributed by atoms with Crippen LogP contribution in [0.25, 0.3) is 16.2 Å². The van der Waals surface area contributed by atoms with Gasteiger partial charge in [0.1, 0.15) is 11.6 Å². The summed E-state index contributed by atoms with van der Waals surface area (Å²) in [7, 11) is 3.68. The van der Waals surface area contributed by atoms with Crippen molar-refractivity contribution in [3.8, 4) is 5.13 Å². The van der Waals surface area contributed by atoms with E-state index in [1.54, 1.807) is 13.3 Å². The van der Waals surface area contributed by atoms with Crippen LogP contribution in [0.15, 0.2) is 71.2 Å². The highest BCUT2D eigenvalue weighted by molar-refractivity contribution is 7.12. The largest absolute Gasteiger partial charge is 0.378 e. The summed E-state index contributed by atoms with van der Waals surface area (Å²) >= 11 is 1.51. The van der Waals surface area contributed by atoms with Crippen molar-refractivity contribution in [1.29, 1.82) is 0 Å². The number of aromatic amines is 1. The normalized spacial score (nSPS) is 17.5. The van der Waals surface area contributed by atoms with E-state index in [9.17, 15) is 4.79 Å². The molecular formula is C28H29N7O2S. The fraction of sp³-hybridized carbons (Fsp3) is 0.286. The molecule has 0 radical (unpaired) electrons. The first-order valence-electron chi connectivity index (χ1n) is 12.6. The lowest BCUT2D eigenvalue weighted by molar-refractivity contribution is 0.0996. The minimum absolute atomic E-state index is 0.0443. The maximum Gasteiger partial charge on any atom is 0.195 e. The van der Waals surface area contributed by atoms with Crippen LogP contribution in [0.2, 0.25) is 0 Å². The average molecular weight is 528 g/mol. The number of ether oxygens (including phenoxy) is 1. The van der Waals surface area contributed by atoms with Gasteiger partial charge in [0, 0.05) is 68.3 Å². The van der Waals surface area contributed by atoms with Crippen LogP contribution in [0.4, 0.5) is 5.82 Å². The van der Waals surface area contributed by atoms with Crippen LogP contribution in [-0.4, -0.2) is 63.9 Å². The molecule has 0 amide bonds. The average Bonchev–Trinajstić information content (AvgIpc) is 3.72. The summed E-state index contributed by atoms with van der Waals surface area (Å²) in [6, 6.07) is 14.3. The van der Waals surface area contributed by atoms with Gasteiger partial charge in [-0.2, -0.15) is 0 Å². The molecule has 194 valence electrons. The molecule has 5 aromatic rings. The number of nitrogens with zero attached hydrogens (tertiary/aromatic N) is 5. The molecule has 4 aromatic heterocycles. The van der Waals surface area contributed by atoms with E-state index >= 15 is 0 Å². The Bertz CT molecular complexity index is 1590. The highest BCUT2D eigenvalue weighted by Crippen LogP contribution is 2.25. The van der Waals surface area contributed by atoms with Crippen LogP contribution in [0.5, 0.6) is 0 Å². The molecule has 1 aromatic carbocycles. The zero-order valence-corrected chi connectivity index (χ0v) is 22.1. The van der Waals surface area contributed by atoms with Gasteiger partial charge in [0.2, 0.25) is 0 Å². The summed E-state index contributed by atoms with van der Waals surface area (Å²) in [5.74, 6) is 1.56. The smallest absolute Gasteiger partial charge is 0.195 e. The van der Waals surface area contributed by atoms with Gasteiger partial charge in [-0.25, -0.2) is 15.0 Å². The number of H-pyrrole nitrogens is 1. The Morgan fingerprint density at radius 3 is 2.74 bits per heavy atom. The molecule has 0 saturated carbocycles. The molecule has 9 nitrogen and oxygen atoms in total. The predicted molar refractivity (Wildman–Crippen MR) is 150 cm³/mol. The van der Waals surface area contributed by atoms with Gasteiger partial charge in [0.05, 0.1) is 17.5 Å². The number of aromatic nitrogens is 5. The molecule has 2 unspecified atom stereocenters. The van der Waals surface area contributed by atoms with Gasteiger partial charge in [-0.05, 0) is 24.7 Å². The van der Waals surface area contributed by atoms with Crippen molar-refractivity contribution >= 4 is 28.2 Å². The zero-order chi connectivity index (χ0) is 26.1. The van der Waals surface area contributed by atoms with Gasteiger partial charge in [-0.1, -0.05) is 30.3 Å². The van der Waals surface area contributed by atoms with Gasteiger partial charge >= 0.3 is 0 Å². The minimum Gasteiger partial charge on any atom is -0.378 e. The molecule has 2 N–H and O–H groups in total. The molecule has 1 fully saturated rings. The third-order valence-electron chi connectivity index (χ3n) is 7.08. The molecular weight excluding hydrogens is 498 g/mol. The van der Waals surface area contributed by atoms with Crippen molar-refractivity contribution in [1.82, 2.24) is 29.8 Å². The Balaban J connectivity index is 1.35. The van der Waals surface area contributed by atoms with E-state index in [2.05, 4.69) is 37.3 Å². The number of nitrogens with one attached hydrogen (secondary N) is 2. The zero-order valence-electron chi connectivity index (χ0n) is 21.3. The molecule has 1 aliphatic heterocycles. The van der Waals surface area contributed by atoms with E-state index in [1.807, 2.05) is 59.7 Å². The Kier molecular flexibility index (Phi) is 6.75. The number of methoxy groups -OCH3 is 1. The topological polar surface area (TPSA) is 101 Å². The maximum atomic E-state index is 13.6. The van der Waals surface area contributed by atoms with E-state index in [4.69, 9.17) is 9.72 Å². The molecule has 5 heterocycles. The molecule has 38 heavy (non-hydrogen) atoms. The minimum atomic E-state index is -0.0443. The number of thiazole rings is 1. The molecule has 1 saturated heterocycles. The van der Waals surface area contributed by atoms with Crippen molar-refractivity contribution < 1.29 is 4.74 Å². The molecule has 0 aliphatic carbocycles. The van der Waals surface area contributed by atoms with Crippen molar-refractivity contribution in [2.24, 2.45) is 0 Å². The first kappa shape index (κ1) is 24.5. The van der Waals surface area contributed by atoms with Gasteiger partial charge < -0.3 is 19.9 Å². The Labute approximate surface area is 224 Å². The summed E-state index contributed by atoms with van der Waals surface area (Å²) < 4.78 is 7.58. The summed E-state index contributed by atoms with van der Waals surface area (Å²) in [5, 5.41) is 6.57. The van der Waals surface area contributed by atoms with Crippen molar-refractivity contribution in [2.45, 2.75) is 25.0 Å². The second-order valence-corrected chi connectivity index (χ2v) is 10.4. The van der Waals surface area contributed by atoms with E-state index in [-0.39, 0.29) is 17.6 Å². The maximum absolute atomic E-state index is 13.6. The lowest BCUT2D eigenvalue weighted by atomic mass is 10.1. The van der Waals surface area contributed by atoms with E-state index in [1.165, 1.54) is 16.9 Å². The Morgan fingerprint density at radius 1 is 1.13 bits per heavy atom. The van der Waals surface area contributed by atoms with Crippen LogP contribution in [-0.2, 0) is 17.6 Å². The number of rotatable bonds is 8. The summed E-state index contributed by atoms with van der Waals surface area (Å²) in [4.78, 5) is 33.2. The number of pyridine rings is 2. The highest BCUT2D eigenvalue weighted by atomic mass is 32.1. The number of imidazole rings is 1. The molecule has 1 aliphatic rings. The Morgan fingerprint density at radius 2 is 2.00 bits per heavy atom. The SMILES string of the molecule is CNC1CN(c2ccc3c(=O)c(Cc4ncc(Cc5ccccc5)[nH]4)cn(-c4nccs4)c3n2)CC1OC. The number of anilines is 1. The van der Waals surface area contributed by atoms with Crippen LogP contribution in [0.1, 0.15) is 22.6 Å². The third-order valence-corrected chi connectivity index (χ3v) is 7.85. The fourth-order valence-corrected chi connectivity index (χ4v) is 5.71. The Hall–Kier alpha value is -3.86. The number of hydrogen-bond donors (Lipinski definition) is 2.